The predicted molar refractivity (Wildman–Crippen MR) is 140 cm³/mol. The van der Waals surface area contributed by atoms with Gasteiger partial charge in [0.2, 0.25) is 11.8 Å². The quantitative estimate of drug-likeness (QED) is 0.466. The highest BCUT2D eigenvalue weighted by Gasteiger charge is 2.47. The summed E-state index contributed by atoms with van der Waals surface area (Å²) < 4.78 is 13.4. The van der Waals surface area contributed by atoms with E-state index >= 15 is 0 Å². The Morgan fingerprint density at radius 1 is 1.11 bits per heavy atom. The minimum atomic E-state index is -0.683. The number of nitrogens with two attached hydrogens (primary N) is 1. The normalized spacial score (nSPS) is 25.7. The fourth-order valence-electron chi connectivity index (χ4n) is 6.03. The molecule has 0 radical (unpaired) electrons. The molecular formula is C29H39FN4O2. The first kappa shape index (κ1) is 26.3. The molecule has 2 amide bonds. The number of carbonyl (C=O) groups is 2. The fraction of sp³-hybridized carbons (Fsp3) is 0.552. The van der Waals surface area contributed by atoms with Gasteiger partial charge in [0.1, 0.15) is 5.82 Å². The zero-order chi connectivity index (χ0) is 25.9. The van der Waals surface area contributed by atoms with E-state index in [1.807, 2.05) is 6.92 Å². The standard InChI is InChI=1S/C29H39FN4O2/c1-19(2)14-20-15-21(17-28(3,16-20)27(36)34-24-8-12-32-13-9-24)25(31)26(35)33-18-29(10-11-29)22-4-6-23(30)7-5-22/h4-9,12-13,19-21,25H,10-11,14-18,31H2,1-3H3,(H,33,35)(H,32,34,36). The Labute approximate surface area is 213 Å². The van der Waals surface area contributed by atoms with E-state index in [4.69, 9.17) is 5.73 Å². The minimum Gasteiger partial charge on any atom is -0.354 e. The number of halogens is 1. The van der Waals surface area contributed by atoms with Gasteiger partial charge in [-0.2, -0.15) is 0 Å². The number of rotatable bonds is 9. The SMILES string of the molecule is CC(C)CC1CC(C(N)C(=O)NCC2(c3ccc(F)cc3)CC2)CC(C)(C(=O)Nc2ccncc2)C1. The van der Waals surface area contributed by atoms with E-state index in [1.54, 1.807) is 36.7 Å². The summed E-state index contributed by atoms with van der Waals surface area (Å²) in [7, 11) is 0. The van der Waals surface area contributed by atoms with E-state index in [1.165, 1.54) is 12.1 Å². The molecule has 36 heavy (non-hydrogen) atoms. The molecule has 2 saturated carbocycles. The van der Waals surface area contributed by atoms with Crippen molar-refractivity contribution in [3.63, 3.8) is 0 Å². The van der Waals surface area contributed by atoms with Crippen molar-refractivity contribution in [2.45, 2.75) is 70.8 Å². The number of amides is 2. The molecule has 4 atom stereocenters. The molecule has 194 valence electrons. The summed E-state index contributed by atoms with van der Waals surface area (Å²) in [6.07, 6.45) is 8.41. The number of carbonyl (C=O) groups excluding carboxylic acids is 2. The van der Waals surface area contributed by atoms with Crippen LogP contribution in [0.2, 0.25) is 0 Å². The number of nitrogens with zero attached hydrogens (tertiary/aromatic N) is 1. The van der Waals surface area contributed by atoms with Gasteiger partial charge in [-0.05, 0) is 86.1 Å². The molecule has 2 aromatic rings. The Bertz CT molecular complexity index is 1050. The van der Waals surface area contributed by atoms with Gasteiger partial charge >= 0.3 is 0 Å². The second-order valence-corrected chi connectivity index (χ2v) is 11.7. The van der Waals surface area contributed by atoms with Crippen molar-refractivity contribution in [2.24, 2.45) is 28.9 Å². The monoisotopic (exact) mass is 494 g/mol. The van der Waals surface area contributed by atoms with Crippen LogP contribution in [0, 0.1) is 29.0 Å². The maximum absolute atomic E-state index is 13.4. The lowest BCUT2D eigenvalue weighted by Crippen LogP contribution is -2.52. The Morgan fingerprint density at radius 3 is 2.39 bits per heavy atom. The van der Waals surface area contributed by atoms with Gasteiger partial charge in [-0.15, -0.1) is 0 Å². The molecule has 2 fully saturated rings. The molecule has 0 spiro atoms. The van der Waals surface area contributed by atoms with Gasteiger partial charge in [0.15, 0.2) is 0 Å². The van der Waals surface area contributed by atoms with Crippen molar-refractivity contribution in [3.05, 3.63) is 60.2 Å². The molecule has 0 saturated heterocycles. The van der Waals surface area contributed by atoms with E-state index in [0.717, 1.165) is 43.4 Å². The zero-order valence-electron chi connectivity index (χ0n) is 21.6. The van der Waals surface area contributed by atoms with E-state index in [2.05, 4.69) is 29.5 Å². The van der Waals surface area contributed by atoms with Crippen LogP contribution in [0.25, 0.3) is 0 Å². The van der Waals surface area contributed by atoms with Gasteiger partial charge in [-0.25, -0.2) is 4.39 Å². The highest BCUT2D eigenvalue weighted by Crippen LogP contribution is 2.48. The van der Waals surface area contributed by atoms with E-state index in [-0.39, 0.29) is 29.0 Å². The van der Waals surface area contributed by atoms with Crippen molar-refractivity contribution < 1.29 is 14.0 Å². The summed E-state index contributed by atoms with van der Waals surface area (Å²) in [6.45, 7) is 6.87. The average molecular weight is 495 g/mol. The lowest BCUT2D eigenvalue weighted by atomic mass is 9.62. The Balaban J connectivity index is 1.43. The number of pyridine rings is 1. The molecule has 1 aromatic carbocycles. The van der Waals surface area contributed by atoms with Gasteiger partial charge in [-0.1, -0.05) is 32.9 Å². The van der Waals surface area contributed by atoms with Crippen molar-refractivity contribution in [1.29, 1.82) is 0 Å². The van der Waals surface area contributed by atoms with Gasteiger partial charge in [-0.3, -0.25) is 14.6 Å². The molecule has 6 nitrogen and oxygen atoms in total. The number of anilines is 1. The first-order valence-electron chi connectivity index (χ1n) is 13.1. The smallest absolute Gasteiger partial charge is 0.237 e. The number of hydrogen-bond acceptors (Lipinski definition) is 4. The molecule has 0 bridgehead atoms. The van der Waals surface area contributed by atoms with Crippen LogP contribution in [-0.2, 0) is 15.0 Å². The summed E-state index contributed by atoms with van der Waals surface area (Å²) in [5.41, 5.74) is 7.59. The second kappa shape index (κ2) is 10.7. The van der Waals surface area contributed by atoms with E-state index < -0.39 is 11.5 Å². The van der Waals surface area contributed by atoms with E-state index in [0.29, 0.717) is 24.8 Å². The molecule has 1 aromatic heterocycles. The van der Waals surface area contributed by atoms with Crippen LogP contribution >= 0.6 is 0 Å². The molecule has 4 N–H and O–H groups in total. The summed E-state index contributed by atoms with van der Waals surface area (Å²) >= 11 is 0. The molecular weight excluding hydrogens is 455 g/mol. The molecule has 2 aliphatic carbocycles. The fourth-order valence-corrected chi connectivity index (χ4v) is 6.03. The molecule has 4 unspecified atom stereocenters. The van der Waals surface area contributed by atoms with Crippen molar-refractivity contribution >= 4 is 17.5 Å². The van der Waals surface area contributed by atoms with Crippen molar-refractivity contribution in [3.8, 4) is 0 Å². The highest BCUT2D eigenvalue weighted by atomic mass is 19.1. The summed E-state index contributed by atoms with van der Waals surface area (Å²) in [5, 5.41) is 6.13. The number of nitrogens with one attached hydrogen (secondary N) is 2. The van der Waals surface area contributed by atoms with Gasteiger partial charge < -0.3 is 16.4 Å². The third-order valence-electron chi connectivity index (χ3n) is 8.10. The first-order valence-corrected chi connectivity index (χ1v) is 13.1. The van der Waals surface area contributed by atoms with Gasteiger partial charge in [0.05, 0.1) is 6.04 Å². The third-order valence-corrected chi connectivity index (χ3v) is 8.10. The first-order chi connectivity index (χ1) is 17.1. The minimum absolute atomic E-state index is 0.0343. The van der Waals surface area contributed by atoms with Gasteiger partial charge in [0, 0.05) is 35.5 Å². The number of benzene rings is 1. The Hall–Kier alpha value is -2.80. The van der Waals surface area contributed by atoms with E-state index in [9.17, 15) is 14.0 Å². The molecule has 1 heterocycles. The third kappa shape index (κ3) is 6.12. The van der Waals surface area contributed by atoms with Gasteiger partial charge in [0.25, 0.3) is 0 Å². The molecule has 7 heteroatoms. The number of aromatic nitrogens is 1. The molecule has 0 aliphatic heterocycles. The van der Waals surface area contributed by atoms with Crippen LogP contribution < -0.4 is 16.4 Å². The van der Waals surface area contributed by atoms with Crippen LogP contribution in [0.1, 0.15) is 64.9 Å². The summed E-state index contributed by atoms with van der Waals surface area (Å²) in [6, 6.07) is 9.42. The van der Waals surface area contributed by atoms with Crippen LogP contribution in [-0.4, -0.2) is 29.4 Å². The highest BCUT2D eigenvalue weighted by molar-refractivity contribution is 5.95. The molecule has 2 aliphatic rings. The maximum Gasteiger partial charge on any atom is 0.237 e. The zero-order valence-corrected chi connectivity index (χ0v) is 21.6. The Kier molecular flexibility index (Phi) is 7.79. The topological polar surface area (TPSA) is 97.1 Å². The second-order valence-electron chi connectivity index (χ2n) is 11.7. The van der Waals surface area contributed by atoms with Crippen molar-refractivity contribution in [2.75, 3.05) is 11.9 Å². The van der Waals surface area contributed by atoms with Crippen LogP contribution in [0.4, 0.5) is 10.1 Å². The lowest BCUT2D eigenvalue weighted by molar-refractivity contribution is -0.131. The maximum atomic E-state index is 13.4. The Morgan fingerprint density at radius 2 is 1.78 bits per heavy atom. The predicted octanol–water partition coefficient (Wildman–Crippen LogP) is 4.80. The lowest BCUT2D eigenvalue weighted by Gasteiger charge is -2.43. The summed E-state index contributed by atoms with van der Waals surface area (Å²) in [5.74, 6) is 0.270. The average Bonchev–Trinajstić information content (AvgIpc) is 3.63. The van der Waals surface area contributed by atoms with Crippen LogP contribution in [0.5, 0.6) is 0 Å². The van der Waals surface area contributed by atoms with Crippen molar-refractivity contribution in [1.82, 2.24) is 10.3 Å². The van der Waals surface area contributed by atoms with Crippen LogP contribution in [0.15, 0.2) is 48.8 Å². The molecule has 4 rings (SSSR count). The summed E-state index contributed by atoms with van der Waals surface area (Å²) in [4.78, 5) is 30.6. The number of hydrogen-bond donors (Lipinski definition) is 3. The largest absolute Gasteiger partial charge is 0.354 e. The van der Waals surface area contributed by atoms with Crippen LogP contribution in [0.3, 0.4) is 0 Å².